The maximum Gasteiger partial charge on any atom is 0.134 e. The van der Waals surface area contributed by atoms with Crippen LogP contribution in [0.15, 0.2) is 98.6 Å². The second-order valence-corrected chi connectivity index (χ2v) is 8.61. The Morgan fingerprint density at radius 3 is 2.33 bits per heavy atom. The molecule has 0 radical (unpaired) electrons. The van der Waals surface area contributed by atoms with E-state index in [4.69, 9.17) is 9.98 Å². The average Bonchev–Trinajstić information content (AvgIpc) is 3.40. The van der Waals surface area contributed by atoms with Crippen molar-refractivity contribution >= 4 is 51.2 Å². The van der Waals surface area contributed by atoms with E-state index in [0.717, 1.165) is 51.7 Å². The number of para-hydroxylation sites is 2. The number of aliphatic imine (C=N–C) groups is 4. The summed E-state index contributed by atoms with van der Waals surface area (Å²) in [5.41, 5.74) is 7.31. The van der Waals surface area contributed by atoms with Gasteiger partial charge in [0.05, 0.1) is 22.4 Å². The summed E-state index contributed by atoms with van der Waals surface area (Å²) in [6.07, 6.45) is 11.5. The van der Waals surface area contributed by atoms with Crippen molar-refractivity contribution in [1.82, 2.24) is 9.97 Å². The Kier molecular flexibility index (Phi) is 3.93. The molecule has 33 heavy (non-hydrogen) atoms. The first-order chi connectivity index (χ1) is 16.3. The molecule has 4 aromatic rings. The van der Waals surface area contributed by atoms with Crippen LogP contribution in [0.1, 0.15) is 24.0 Å². The molecular weight excluding hydrogens is 408 g/mol. The van der Waals surface area contributed by atoms with Crippen molar-refractivity contribution in [2.75, 3.05) is 0 Å². The van der Waals surface area contributed by atoms with E-state index in [0.29, 0.717) is 6.42 Å². The van der Waals surface area contributed by atoms with Crippen molar-refractivity contribution < 1.29 is 0 Å². The minimum atomic E-state index is 0.150. The van der Waals surface area contributed by atoms with Crippen LogP contribution in [0, 0.1) is 5.92 Å². The van der Waals surface area contributed by atoms with Crippen molar-refractivity contribution in [2.24, 2.45) is 25.9 Å². The van der Waals surface area contributed by atoms with Crippen LogP contribution in [0.3, 0.4) is 0 Å². The smallest absolute Gasteiger partial charge is 0.134 e. The van der Waals surface area contributed by atoms with Gasteiger partial charge >= 0.3 is 0 Å². The molecule has 0 aliphatic carbocycles. The highest BCUT2D eigenvalue weighted by Crippen LogP contribution is 2.34. The first kappa shape index (κ1) is 18.3. The van der Waals surface area contributed by atoms with Crippen LogP contribution in [0.4, 0.5) is 0 Å². The third-order valence-electron chi connectivity index (χ3n) is 6.53. The zero-order valence-corrected chi connectivity index (χ0v) is 17.8. The van der Waals surface area contributed by atoms with Crippen molar-refractivity contribution in [1.29, 1.82) is 0 Å². The molecule has 0 amide bonds. The van der Waals surface area contributed by atoms with E-state index >= 15 is 0 Å². The highest BCUT2D eigenvalue weighted by Gasteiger charge is 2.27. The normalized spacial score (nSPS) is 21.3. The molecule has 7 rings (SSSR count). The van der Waals surface area contributed by atoms with Gasteiger partial charge in [-0.05, 0) is 36.3 Å². The van der Waals surface area contributed by atoms with E-state index < -0.39 is 0 Å². The van der Waals surface area contributed by atoms with Gasteiger partial charge in [-0.1, -0.05) is 36.4 Å². The summed E-state index contributed by atoms with van der Waals surface area (Å²) in [5, 5.41) is 2.33. The number of benzene rings is 2. The molecule has 1 atom stereocenters. The number of allylic oxidation sites excluding steroid dienone is 3. The molecule has 3 aliphatic heterocycles. The molecule has 2 aromatic carbocycles. The Morgan fingerprint density at radius 2 is 1.52 bits per heavy atom. The molecule has 158 valence electrons. The SMILES string of the molecule is C1=NC2=NC(c3cccc4cc[nH]c34)=C/C3=C/C(c4cccc5cc[nH]c45)=NC(=N1)CC2C3. The van der Waals surface area contributed by atoms with Crippen molar-refractivity contribution in [3.63, 3.8) is 0 Å². The lowest BCUT2D eigenvalue weighted by Gasteiger charge is -2.17. The van der Waals surface area contributed by atoms with Gasteiger partial charge < -0.3 is 9.97 Å². The van der Waals surface area contributed by atoms with E-state index in [-0.39, 0.29) is 5.92 Å². The zero-order valence-electron chi connectivity index (χ0n) is 17.8. The number of hydrogen-bond donors (Lipinski definition) is 2. The van der Waals surface area contributed by atoms with Crippen molar-refractivity contribution in [2.45, 2.75) is 12.8 Å². The maximum atomic E-state index is 5.05. The van der Waals surface area contributed by atoms with Crippen LogP contribution in [-0.2, 0) is 0 Å². The minimum Gasteiger partial charge on any atom is -0.361 e. The Balaban J connectivity index is 1.47. The highest BCUT2D eigenvalue weighted by atomic mass is 15.0. The van der Waals surface area contributed by atoms with Crippen molar-refractivity contribution in [3.05, 3.63) is 89.8 Å². The fourth-order valence-electron chi connectivity index (χ4n) is 4.98. The predicted octanol–water partition coefficient (Wildman–Crippen LogP) is 5.67. The fraction of sp³-hybridized carbons (Fsp3) is 0.111. The Morgan fingerprint density at radius 1 is 0.758 bits per heavy atom. The molecule has 3 bridgehead atoms. The van der Waals surface area contributed by atoms with Gasteiger partial charge in [-0.25, -0.2) is 20.0 Å². The largest absolute Gasteiger partial charge is 0.361 e. The molecule has 0 spiro atoms. The lowest BCUT2D eigenvalue weighted by molar-refractivity contribution is 0.718. The fourth-order valence-corrected chi connectivity index (χ4v) is 4.98. The van der Waals surface area contributed by atoms with E-state index in [1.807, 2.05) is 12.4 Å². The molecule has 3 aliphatic rings. The van der Waals surface area contributed by atoms with Gasteiger partial charge in [-0.15, -0.1) is 0 Å². The summed E-state index contributed by atoms with van der Waals surface area (Å²) >= 11 is 0. The Bertz CT molecular complexity index is 1550. The van der Waals surface area contributed by atoms with Gasteiger partial charge in [0.25, 0.3) is 0 Å². The summed E-state index contributed by atoms with van der Waals surface area (Å²) in [6, 6.07) is 16.8. The number of amidine groups is 2. The number of nitrogens with zero attached hydrogens (tertiary/aromatic N) is 4. The topological polar surface area (TPSA) is 81.0 Å². The highest BCUT2D eigenvalue weighted by molar-refractivity contribution is 6.21. The third kappa shape index (κ3) is 3.03. The van der Waals surface area contributed by atoms with Gasteiger partial charge in [-0.2, -0.15) is 0 Å². The summed E-state index contributed by atoms with van der Waals surface area (Å²) in [7, 11) is 0. The number of rotatable bonds is 2. The molecule has 0 saturated heterocycles. The third-order valence-corrected chi connectivity index (χ3v) is 6.53. The number of nitrogens with one attached hydrogen (secondary N) is 2. The maximum absolute atomic E-state index is 5.05. The van der Waals surface area contributed by atoms with E-state index in [1.54, 1.807) is 6.34 Å². The van der Waals surface area contributed by atoms with E-state index in [1.165, 1.54) is 16.3 Å². The molecule has 6 heteroatoms. The number of aromatic amines is 2. The van der Waals surface area contributed by atoms with Crippen molar-refractivity contribution in [3.8, 4) is 0 Å². The minimum absolute atomic E-state index is 0.150. The predicted molar refractivity (Wildman–Crippen MR) is 135 cm³/mol. The number of fused-ring (bicyclic) bond motifs is 4. The monoisotopic (exact) mass is 428 g/mol. The lowest BCUT2D eigenvalue weighted by atomic mass is 9.91. The lowest BCUT2D eigenvalue weighted by Crippen LogP contribution is -2.18. The molecule has 5 heterocycles. The summed E-state index contributed by atoms with van der Waals surface area (Å²) < 4.78 is 0. The van der Waals surface area contributed by atoms with Gasteiger partial charge in [0, 0.05) is 46.6 Å². The summed E-state index contributed by atoms with van der Waals surface area (Å²) in [6.45, 7) is 0. The molecule has 2 N–H and O–H groups in total. The molecular formula is C27H20N6. The number of hydrogen-bond acceptors (Lipinski definition) is 4. The first-order valence-electron chi connectivity index (χ1n) is 11.1. The molecule has 1 unspecified atom stereocenters. The second-order valence-electron chi connectivity index (χ2n) is 8.61. The van der Waals surface area contributed by atoms with Crippen LogP contribution >= 0.6 is 0 Å². The number of H-pyrrole nitrogens is 2. The quantitative estimate of drug-likeness (QED) is 0.413. The van der Waals surface area contributed by atoms with Crippen LogP contribution in [0.25, 0.3) is 27.5 Å². The second kappa shape index (κ2) is 7.10. The van der Waals surface area contributed by atoms with Gasteiger partial charge in [0.2, 0.25) is 0 Å². The Labute approximate surface area is 189 Å². The molecule has 2 aromatic heterocycles. The Hall–Kier alpha value is -4.32. The van der Waals surface area contributed by atoms with Crippen LogP contribution in [0.2, 0.25) is 0 Å². The summed E-state index contributed by atoms with van der Waals surface area (Å²) in [4.78, 5) is 26.0. The first-order valence-corrected chi connectivity index (χ1v) is 11.1. The number of aromatic nitrogens is 2. The average molecular weight is 428 g/mol. The van der Waals surface area contributed by atoms with Gasteiger partial charge in [-0.3, -0.25) is 0 Å². The zero-order chi connectivity index (χ0) is 21.8. The van der Waals surface area contributed by atoms with E-state index in [9.17, 15) is 0 Å². The van der Waals surface area contributed by atoms with Crippen LogP contribution < -0.4 is 0 Å². The van der Waals surface area contributed by atoms with Gasteiger partial charge in [0.1, 0.15) is 18.0 Å². The van der Waals surface area contributed by atoms with Crippen LogP contribution in [-0.4, -0.2) is 33.7 Å². The van der Waals surface area contributed by atoms with E-state index in [2.05, 4.69) is 80.6 Å². The molecule has 0 saturated carbocycles. The van der Waals surface area contributed by atoms with Gasteiger partial charge in [0.15, 0.2) is 0 Å². The standard InChI is InChI=1S/C27H20N6/c1-3-17-7-9-28-25(17)20(5-1)22-12-16-11-19-14-24(32-22)30-15-31-27(19)33-23(13-16)21-6-2-4-18-8-10-29-26(18)21/h1-10,12-13,15,19,28-29H,11,14H2/b16-12+,22-12?,32-22?,32-24?. The van der Waals surface area contributed by atoms with Crippen LogP contribution in [0.5, 0.6) is 0 Å². The molecule has 6 nitrogen and oxygen atoms in total. The molecule has 0 fully saturated rings. The summed E-state index contributed by atoms with van der Waals surface area (Å²) in [5.74, 6) is 1.76.